The van der Waals surface area contributed by atoms with E-state index in [1.165, 1.54) is 6.40 Å². The summed E-state index contributed by atoms with van der Waals surface area (Å²) in [4.78, 5) is 3.74. The first-order chi connectivity index (χ1) is 8.07. The number of nitrogens with zero attached hydrogens (tertiary/aromatic N) is 1. The van der Waals surface area contributed by atoms with Gasteiger partial charge in [-0.2, -0.15) is 0 Å². The van der Waals surface area contributed by atoms with Gasteiger partial charge in [0.1, 0.15) is 24.9 Å². The normalized spacial score (nSPS) is 40.4. The van der Waals surface area contributed by atoms with Crippen LogP contribution in [0.1, 0.15) is 0 Å². The van der Waals surface area contributed by atoms with E-state index in [9.17, 15) is 10.2 Å². The van der Waals surface area contributed by atoms with E-state index in [1.807, 2.05) is 0 Å². The molecule has 0 aromatic heterocycles. The molecule has 8 heteroatoms. The lowest BCUT2D eigenvalue weighted by Gasteiger charge is -2.38. The molecule has 1 saturated heterocycles. The number of aliphatic imine (C=N–C) groups is 1. The van der Waals surface area contributed by atoms with E-state index in [4.69, 9.17) is 20.7 Å². The lowest BCUT2D eigenvalue weighted by atomic mass is 9.98. The Morgan fingerprint density at radius 1 is 1.29 bits per heavy atom. The number of ether oxygens (including phenoxy) is 2. The number of rotatable bonds is 1. The van der Waals surface area contributed by atoms with Crippen LogP contribution in [0, 0.1) is 0 Å². The van der Waals surface area contributed by atoms with Crippen molar-refractivity contribution in [3.63, 3.8) is 0 Å². The Kier molecular flexibility index (Phi) is 5.75. The van der Waals surface area contributed by atoms with Crippen molar-refractivity contribution in [1.29, 1.82) is 0 Å². The van der Waals surface area contributed by atoms with Gasteiger partial charge in [-0.05, 0) is 0 Å². The third-order valence-corrected chi connectivity index (χ3v) is 2.44. The van der Waals surface area contributed by atoms with E-state index >= 15 is 0 Å². The maximum Gasteiger partial charge on any atom is 0.173 e. The lowest BCUT2D eigenvalue weighted by molar-refractivity contribution is -0.248. The predicted octanol–water partition coefficient (Wildman–Crippen LogP) is -3.21. The Labute approximate surface area is 98.3 Å². The van der Waals surface area contributed by atoms with Gasteiger partial charge in [-0.3, -0.25) is 4.99 Å². The highest BCUT2D eigenvalue weighted by atomic mass is 16.6. The average Bonchev–Trinajstić information content (AvgIpc) is 2.90. The van der Waals surface area contributed by atoms with Crippen LogP contribution < -0.4 is 5.73 Å². The molecule has 0 saturated carbocycles. The molecule has 5 atom stereocenters. The van der Waals surface area contributed by atoms with Crippen LogP contribution in [0.3, 0.4) is 0 Å². The smallest absolute Gasteiger partial charge is 0.173 e. The van der Waals surface area contributed by atoms with Crippen LogP contribution in [0.5, 0.6) is 0 Å². The summed E-state index contributed by atoms with van der Waals surface area (Å²) < 4.78 is 9.35. The van der Waals surface area contributed by atoms with Gasteiger partial charge in [-0.15, -0.1) is 0 Å². The van der Waals surface area contributed by atoms with Gasteiger partial charge in [0.05, 0.1) is 19.2 Å². The molecule has 6 N–H and O–H groups in total. The molecule has 0 bridgehead atoms. The standard InChI is InChI=1S/C6H13NO5.C3H5NO/c7-3-5(10)4(9)2(1-8)12-6(3)11;1-2-5-3-4-1/h2-6,8-11H,1,7H2;3H,1-2H2/t2-,3+,4-,5-,6?;/m1./s1. The zero-order valence-electron chi connectivity index (χ0n) is 9.22. The molecule has 17 heavy (non-hydrogen) atoms. The Bertz CT molecular complexity index is 241. The minimum Gasteiger partial charge on any atom is -0.482 e. The number of nitrogens with two attached hydrogens (primary N) is 1. The van der Waals surface area contributed by atoms with Crippen molar-refractivity contribution in [2.24, 2.45) is 10.7 Å². The Morgan fingerprint density at radius 3 is 2.41 bits per heavy atom. The summed E-state index contributed by atoms with van der Waals surface area (Å²) in [5.74, 6) is 0. The van der Waals surface area contributed by atoms with Gasteiger partial charge in [0.15, 0.2) is 12.7 Å². The van der Waals surface area contributed by atoms with Gasteiger partial charge in [-0.1, -0.05) is 0 Å². The van der Waals surface area contributed by atoms with Gasteiger partial charge < -0.3 is 35.6 Å². The van der Waals surface area contributed by atoms with Gasteiger partial charge in [0.2, 0.25) is 0 Å². The third kappa shape index (κ3) is 3.87. The summed E-state index contributed by atoms with van der Waals surface area (Å²) >= 11 is 0. The molecule has 0 spiro atoms. The van der Waals surface area contributed by atoms with E-state index in [-0.39, 0.29) is 0 Å². The van der Waals surface area contributed by atoms with Gasteiger partial charge >= 0.3 is 0 Å². The van der Waals surface area contributed by atoms with E-state index in [0.717, 1.165) is 13.2 Å². The highest BCUT2D eigenvalue weighted by Crippen LogP contribution is 2.17. The summed E-state index contributed by atoms with van der Waals surface area (Å²) in [5.41, 5.74) is 5.26. The summed E-state index contributed by atoms with van der Waals surface area (Å²) in [6.07, 6.45) is -3.37. The lowest BCUT2D eigenvalue weighted by Crippen LogP contribution is -2.61. The summed E-state index contributed by atoms with van der Waals surface area (Å²) in [6.45, 7) is 1.15. The zero-order chi connectivity index (χ0) is 12.8. The fourth-order valence-electron chi connectivity index (χ4n) is 1.38. The Morgan fingerprint density at radius 2 is 2.00 bits per heavy atom. The number of aliphatic hydroxyl groups excluding tert-OH is 4. The molecule has 100 valence electrons. The van der Waals surface area contributed by atoms with E-state index < -0.39 is 37.3 Å². The van der Waals surface area contributed by atoms with Gasteiger partial charge in [-0.25, -0.2) is 0 Å². The first kappa shape index (κ1) is 14.3. The topological polar surface area (TPSA) is 138 Å². The fraction of sp³-hybridized carbons (Fsp3) is 0.889. The zero-order valence-corrected chi connectivity index (χ0v) is 9.22. The van der Waals surface area contributed by atoms with E-state index in [1.54, 1.807) is 0 Å². The molecule has 2 heterocycles. The minimum absolute atomic E-state index is 0.470. The monoisotopic (exact) mass is 250 g/mol. The summed E-state index contributed by atoms with van der Waals surface area (Å²) in [7, 11) is 0. The minimum atomic E-state index is -1.35. The van der Waals surface area contributed by atoms with Crippen LogP contribution in [0.2, 0.25) is 0 Å². The van der Waals surface area contributed by atoms with Crippen molar-refractivity contribution in [2.75, 3.05) is 19.8 Å². The molecule has 2 aliphatic rings. The maximum atomic E-state index is 9.20. The first-order valence-corrected chi connectivity index (χ1v) is 5.24. The highest BCUT2D eigenvalue weighted by Gasteiger charge is 2.41. The van der Waals surface area contributed by atoms with Crippen molar-refractivity contribution in [3.05, 3.63) is 0 Å². The summed E-state index contributed by atoms with van der Waals surface area (Å²) in [5, 5.41) is 36.1. The molecule has 1 unspecified atom stereocenters. The van der Waals surface area contributed by atoms with E-state index in [2.05, 4.69) is 9.73 Å². The molecule has 1 fully saturated rings. The second-order valence-corrected chi connectivity index (χ2v) is 3.69. The molecule has 2 aliphatic heterocycles. The van der Waals surface area contributed by atoms with Crippen LogP contribution in [0.4, 0.5) is 0 Å². The maximum absolute atomic E-state index is 9.20. The fourth-order valence-corrected chi connectivity index (χ4v) is 1.38. The van der Waals surface area contributed by atoms with Crippen LogP contribution in [-0.4, -0.2) is 77.2 Å². The Balaban J connectivity index is 0.000000239. The largest absolute Gasteiger partial charge is 0.482 e. The summed E-state index contributed by atoms with van der Waals surface area (Å²) in [6, 6.07) is -1.04. The molecule has 0 amide bonds. The molecule has 0 aliphatic carbocycles. The molecule has 0 radical (unpaired) electrons. The van der Waals surface area contributed by atoms with Crippen molar-refractivity contribution in [1.82, 2.24) is 0 Å². The predicted molar refractivity (Wildman–Crippen MR) is 57.3 cm³/mol. The molecular formula is C9H18N2O6. The van der Waals surface area contributed by atoms with Crippen LogP contribution in [0.25, 0.3) is 0 Å². The number of hydrogen-bond donors (Lipinski definition) is 5. The second-order valence-electron chi connectivity index (χ2n) is 3.69. The van der Waals surface area contributed by atoms with Crippen LogP contribution in [0.15, 0.2) is 4.99 Å². The highest BCUT2D eigenvalue weighted by molar-refractivity contribution is 5.47. The molecular weight excluding hydrogens is 232 g/mol. The van der Waals surface area contributed by atoms with Crippen molar-refractivity contribution in [3.8, 4) is 0 Å². The van der Waals surface area contributed by atoms with Crippen molar-refractivity contribution >= 4 is 6.40 Å². The Hall–Kier alpha value is -0.770. The SMILES string of the molecule is C1=NCCO1.N[C@@H]1C(O)O[C@H](CO)[C@@H](O)[C@@H]1O. The molecule has 8 nitrogen and oxygen atoms in total. The average molecular weight is 250 g/mol. The van der Waals surface area contributed by atoms with Gasteiger partial charge in [0, 0.05) is 0 Å². The van der Waals surface area contributed by atoms with Crippen molar-refractivity contribution < 1.29 is 29.9 Å². The molecule has 0 aromatic carbocycles. The number of hydrogen-bond acceptors (Lipinski definition) is 8. The van der Waals surface area contributed by atoms with Crippen molar-refractivity contribution in [2.45, 2.75) is 30.6 Å². The molecule has 2 rings (SSSR count). The third-order valence-electron chi connectivity index (χ3n) is 2.44. The quantitative estimate of drug-likeness (QED) is 0.330. The van der Waals surface area contributed by atoms with E-state index in [0.29, 0.717) is 0 Å². The first-order valence-electron chi connectivity index (χ1n) is 5.24. The second kappa shape index (κ2) is 6.84. The van der Waals surface area contributed by atoms with Gasteiger partial charge in [0.25, 0.3) is 0 Å². The van der Waals surface area contributed by atoms with Crippen LogP contribution in [-0.2, 0) is 9.47 Å². The molecule has 0 aromatic rings. The van der Waals surface area contributed by atoms with Crippen LogP contribution >= 0.6 is 0 Å². The number of aliphatic hydroxyl groups is 4.